The van der Waals surface area contributed by atoms with Crippen LogP contribution < -0.4 is 14.8 Å². The second-order valence-electron chi connectivity index (χ2n) is 7.65. The molecule has 0 aromatic heterocycles. The number of carbonyl (C=O) groups excluding carboxylic acids is 3. The Balaban J connectivity index is 1.25. The molecule has 1 saturated heterocycles. The molecule has 1 atom stereocenters. The van der Waals surface area contributed by atoms with Crippen LogP contribution in [-0.4, -0.2) is 72.8 Å². The lowest BCUT2D eigenvalue weighted by Crippen LogP contribution is -2.54. The highest BCUT2D eigenvalue weighted by Gasteiger charge is 2.32. The minimum atomic E-state index is -0.654. The Morgan fingerprint density at radius 3 is 2.48 bits per heavy atom. The summed E-state index contributed by atoms with van der Waals surface area (Å²) in [5, 5.41) is 2.83. The first-order valence-electron chi connectivity index (χ1n) is 10.3. The quantitative estimate of drug-likeness (QED) is 0.738. The van der Waals surface area contributed by atoms with Crippen LogP contribution >= 0.6 is 0 Å². The summed E-state index contributed by atoms with van der Waals surface area (Å²) in [5.41, 5.74) is 1.16. The van der Waals surface area contributed by atoms with E-state index in [0.29, 0.717) is 48.9 Å². The maximum Gasteiger partial charge on any atom is 0.267 e. The standard InChI is InChI=1S/C23H25N3O5/c1-16(27)17-5-4-6-18(13-17)24-22(28)14-25-9-11-26(12-10-25)23(29)21-15-30-19-7-2-3-8-20(19)31-21/h2-8,13,21H,9-12,14-15H2,1H3,(H,24,28)/t21-/m0/s1. The van der Waals surface area contributed by atoms with Crippen molar-refractivity contribution in [2.45, 2.75) is 13.0 Å². The van der Waals surface area contributed by atoms with Gasteiger partial charge in [0.15, 0.2) is 17.3 Å². The predicted molar refractivity (Wildman–Crippen MR) is 114 cm³/mol. The SMILES string of the molecule is CC(=O)c1cccc(NC(=O)CN2CCN(C(=O)[C@@H]3COc4ccccc4O3)CC2)c1. The second kappa shape index (κ2) is 9.18. The molecule has 2 heterocycles. The van der Waals surface area contributed by atoms with Crippen LogP contribution in [0.3, 0.4) is 0 Å². The van der Waals surface area contributed by atoms with Crippen molar-refractivity contribution in [3.63, 3.8) is 0 Å². The molecule has 2 amide bonds. The number of nitrogens with one attached hydrogen (secondary N) is 1. The molecule has 2 aliphatic heterocycles. The summed E-state index contributed by atoms with van der Waals surface area (Å²) >= 11 is 0. The van der Waals surface area contributed by atoms with Crippen molar-refractivity contribution in [1.29, 1.82) is 0 Å². The maximum atomic E-state index is 12.8. The van der Waals surface area contributed by atoms with Crippen LogP contribution in [0.25, 0.3) is 0 Å². The second-order valence-corrected chi connectivity index (χ2v) is 7.65. The van der Waals surface area contributed by atoms with E-state index in [9.17, 15) is 14.4 Å². The van der Waals surface area contributed by atoms with E-state index in [4.69, 9.17) is 9.47 Å². The topological polar surface area (TPSA) is 88.2 Å². The molecule has 0 radical (unpaired) electrons. The van der Waals surface area contributed by atoms with Gasteiger partial charge in [-0.2, -0.15) is 0 Å². The summed E-state index contributed by atoms with van der Waals surface area (Å²) in [5.74, 6) is 0.931. The monoisotopic (exact) mass is 423 g/mol. The molecule has 162 valence electrons. The molecule has 0 aliphatic carbocycles. The van der Waals surface area contributed by atoms with Gasteiger partial charge in [0.25, 0.3) is 5.91 Å². The number of para-hydroxylation sites is 2. The Bertz CT molecular complexity index is 985. The van der Waals surface area contributed by atoms with Crippen LogP contribution in [0.4, 0.5) is 5.69 Å². The van der Waals surface area contributed by atoms with Crippen LogP contribution in [0.1, 0.15) is 17.3 Å². The van der Waals surface area contributed by atoms with Gasteiger partial charge in [-0.25, -0.2) is 0 Å². The fourth-order valence-electron chi connectivity index (χ4n) is 3.69. The van der Waals surface area contributed by atoms with Gasteiger partial charge in [0.05, 0.1) is 6.54 Å². The molecule has 0 unspecified atom stereocenters. The zero-order valence-corrected chi connectivity index (χ0v) is 17.4. The van der Waals surface area contributed by atoms with Crippen molar-refractivity contribution in [2.75, 3.05) is 44.6 Å². The fourth-order valence-corrected chi connectivity index (χ4v) is 3.69. The number of nitrogens with zero attached hydrogens (tertiary/aromatic N) is 2. The minimum absolute atomic E-state index is 0.0484. The lowest BCUT2D eigenvalue weighted by atomic mass is 10.1. The van der Waals surface area contributed by atoms with Crippen LogP contribution in [-0.2, 0) is 9.59 Å². The largest absolute Gasteiger partial charge is 0.485 e. The van der Waals surface area contributed by atoms with E-state index in [1.165, 1.54) is 6.92 Å². The number of hydrogen-bond acceptors (Lipinski definition) is 6. The van der Waals surface area contributed by atoms with E-state index < -0.39 is 6.10 Å². The van der Waals surface area contributed by atoms with Crippen LogP contribution in [0.5, 0.6) is 11.5 Å². The molecule has 0 saturated carbocycles. The average molecular weight is 423 g/mol. The zero-order valence-electron chi connectivity index (χ0n) is 17.4. The van der Waals surface area contributed by atoms with Gasteiger partial charge in [-0.15, -0.1) is 0 Å². The highest BCUT2D eigenvalue weighted by Crippen LogP contribution is 2.31. The van der Waals surface area contributed by atoms with Crippen LogP contribution in [0, 0.1) is 0 Å². The van der Waals surface area contributed by atoms with E-state index in [2.05, 4.69) is 5.32 Å². The molecular formula is C23H25N3O5. The lowest BCUT2D eigenvalue weighted by Gasteiger charge is -2.36. The number of amides is 2. The molecule has 1 fully saturated rings. The third-order valence-electron chi connectivity index (χ3n) is 5.39. The number of fused-ring (bicyclic) bond motifs is 1. The summed E-state index contributed by atoms with van der Waals surface area (Å²) in [4.78, 5) is 40.5. The number of ketones is 1. The van der Waals surface area contributed by atoms with Gasteiger partial charge >= 0.3 is 0 Å². The molecule has 1 N–H and O–H groups in total. The number of piperazine rings is 1. The molecule has 0 spiro atoms. The van der Waals surface area contributed by atoms with Gasteiger partial charge in [-0.05, 0) is 31.2 Å². The molecule has 2 aromatic carbocycles. The molecule has 2 aromatic rings. The Hall–Kier alpha value is -3.39. The Labute approximate surface area is 180 Å². The van der Waals surface area contributed by atoms with E-state index in [-0.39, 0.29) is 30.7 Å². The molecule has 8 heteroatoms. The molecular weight excluding hydrogens is 398 g/mol. The van der Waals surface area contributed by atoms with Crippen LogP contribution in [0.15, 0.2) is 48.5 Å². The Kier molecular flexibility index (Phi) is 6.18. The number of ether oxygens (including phenoxy) is 2. The number of rotatable bonds is 5. The number of carbonyl (C=O) groups is 3. The van der Waals surface area contributed by atoms with Crippen molar-refractivity contribution in [1.82, 2.24) is 9.80 Å². The smallest absolute Gasteiger partial charge is 0.267 e. The summed E-state index contributed by atoms with van der Waals surface area (Å²) < 4.78 is 11.5. The van der Waals surface area contributed by atoms with Crippen molar-refractivity contribution in [3.8, 4) is 11.5 Å². The van der Waals surface area contributed by atoms with Gasteiger partial charge in [0, 0.05) is 37.4 Å². The third kappa shape index (κ3) is 5.03. The average Bonchev–Trinajstić information content (AvgIpc) is 2.79. The number of Topliss-reactive ketones (excluding diaryl/α,β-unsaturated/α-hetero) is 1. The first-order valence-corrected chi connectivity index (χ1v) is 10.3. The van der Waals surface area contributed by atoms with Crippen LogP contribution in [0.2, 0.25) is 0 Å². The van der Waals surface area contributed by atoms with E-state index in [0.717, 1.165) is 0 Å². The highest BCUT2D eigenvalue weighted by atomic mass is 16.6. The number of anilines is 1. The molecule has 31 heavy (non-hydrogen) atoms. The number of benzene rings is 2. The van der Waals surface area contributed by atoms with E-state index >= 15 is 0 Å². The molecule has 4 rings (SSSR count). The summed E-state index contributed by atoms with van der Waals surface area (Å²) in [6, 6.07) is 14.2. The van der Waals surface area contributed by atoms with Gasteiger partial charge in [0.1, 0.15) is 6.61 Å². The van der Waals surface area contributed by atoms with Gasteiger partial charge < -0.3 is 19.7 Å². The summed E-state index contributed by atoms with van der Waals surface area (Å²) in [6.45, 7) is 4.14. The highest BCUT2D eigenvalue weighted by molar-refractivity contribution is 5.97. The van der Waals surface area contributed by atoms with Crippen molar-refractivity contribution in [3.05, 3.63) is 54.1 Å². The Morgan fingerprint density at radius 2 is 1.74 bits per heavy atom. The third-order valence-corrected chi connectivity index (χ3v) is 5.39. The molecule has 8 nitrogen and oxygen atoms in total. The maximum absolute atomic E-state index is 12.8. The van der Waals surface area contributed by atoms with Gasteiger partial charge in [-0.1, -0.05) is 24.3 Å². The first-order chi connectivity index (χ1) is 15.0. The zero-order chi connectivity index (χ0) is 21.8. The van der Waals surface area contributed by atoms with Crippen molar-refractivity contribution < 1.29 is 23.9 Å². The number of hydrogen-bond donors (Lipinski definition) is 1. The summed E-state index contributed by atoms with van der Waals surface area (Å²) in [6.07, 6.45) is -0.654. The normalized spacial score (nSPS) is 18.4. The van der Waals surface area contributed by atoms with Crippen molar-refractivity contribution in [2.24, 2.45) is 0 Å². The lowest BCUT2D eigenvalue weighted by molar-refractivity contribution is -0.143. The van der Waals surface area contributed by atoms with Crippen molar-refractivity contribution >= 4 is 23.3 Å². The Morgan fingerprint density at radius 1 is 1.00 bits per heavy atom. The van der Waals surface area contributed by atoms with E-state index in [1.807, 2.05) is 23.1 Å². The van der Waals surface area contributed by atoms with E-state index in [1.54, 1.807) is 35.2 Å². The molecule has 0 bridgehead atoms. The summed E-state index contributed by atoms with van der Waals surface area (Å²) in [7, 11) is 0. The van der Waals surface area contributed by atoms with Gasteiger partial charge in [0.2, 0.25) is 12.0 Å². The molecule has 2 aliphatic rings. The predicted octanol–water partition coefficient (Wildman–Crippen LogP) is 1.81. The van der Waals surface area contributed by atoms with Gasteiger partial charge in [-0.3, -0.25) is 19.3 Å². The minimum Gasteiger partial charge on any atom is -0.485 e. The fraction of sp³-hybridized carbons (Fsp3) is 0.348. The first kappa shape index (κ1) is 20.9.